The highest BCUT2D eigenvalue weighted by Crippen LogP contribution is 2.22. The van der Waals surface area contributed by atoms with E-state index in [1.165, 1.54) is 12.1 Å². The number of carbonyl (C=O) groups excluding carboxylic acids is 1. The average Bonchev–Trinajstić information content (AvgIpc) is 2.65. The third kappa shape index (κ3) is 4.83. The van der Waals surface area contributed by atoms with Crippen LogP contribution in [0, 0.1) is 6.92 Å². The topological polar surface area (TPSA) is 102 Å². The molecule has 3 aromatic rings. The summed E-state index contributed by atoms with van der Waals surface area (Å²) >= 11 is 3.44. The van der Waals surface area contributed by atoms with Gasteiger partial charge in [0.25, 0.3) is 5.91 Å². The van der Waals surface area contributed by atoms with Crippen LogP contribution in [0.2, 0.25) is 0 Å². The van der Waals surface area contributed by atoms with E-state index in [-0.39, 0.29) is 17.3 Å². The maximum absolute atomic E-state index is 12.5. The summed E-state index contributed by atoms with van der Waals surface area (Å²) in [6, 6.07) is 17.4. The highest BCUT2D eigenvalue weighted by Gasteiger charge is 2.12. The Balaban J connectivity index is 1.71. The third-order valence-corrected chi connectivity index (χ3v) is 5.58. The minimum absolute atomic E-state index is 0.0331. The van der Waals surface area contributed by atoms with Crippen LogP contribution in [0.5, 0.6) is 0 Å². The Hall–Kier alpha value is -2.55. The number of rotatable bonds is 5. The Bertz CT molecular complexity index is 1130. The molecule has 8 heteroatoms. The Morgan fingerprint density at radius 2 is 1.82 bits per heavy atom. The van der Waals surface area contributed by atoms with E-state index < -0.39 is 10.0 Å². The van der Waals surface area contributed by atoms with Crippen molar-refractivity contribution < 1.29 is 13.2 Å². The fourth-order valence-electron chi connectivity index (χ4n) is 2.68. The first kappa shape index (κ1) is 20.2. The van der Waals surface area contributed by atoms with Gasteiger partial charge in [-0.2, -0.15) is 0 Å². The standard InChI is InChI=1S/C20H18BrN3O3S/c1-13-18(9-10-19(24-13)15-3-2-4-16(21)11-15)20(25)23-12-14-5-7-17(8-6-14)28(22,26)27/h2-11H,12H2,1H3,(H,23,25)(H2,22,26,27). The minimum Gasteiger partial charge on any atom is -0.348 e. The molecule has 0 radical (unpaired) electrons. The van der Waals surface area contributed by atoms with Crippen molar-refractivity contribution in [3.8, 4) is 11.3 Å². The summed E-state index contributed by atoms with van der Waals surface area (Å²) in [7, 11) is -3.73. The fourth-order valence-corrected chi connectivity index (χ4v) is 3.60. The van der Waals surface area contributed by atoms with E-state index >= 15 is 0 Å². The van der Waals surface area contributed by atoms with Crippen molar-refractivity contribution in [2.75, 3.05) is 0 Å². The van der Waals surface area contributed by atoms with Gasteiger partial charge in [-0.05, 0) is 48.9 Å². The molecule has 3 rings (SSSR count). The number of aryl methyl sites for hydroxylation is 1. The molecule has 0 aliphatic carbocycles. The molecule has 1 heterocycles. The average molecular weight is 460 g/mol. The lowest BCUT2D eigenvalue weighted by molar-refractivity contribution is 0.0950. The zero-order chi connectivity index (χ0) is 20.3. The lowest BCUT2D eigenvalue weighted by Gasteiger charge is -2.10. The monoisotopic (exact) mass is 459 g/mol. The second-order valence-corrected chi connectivity index (χ2v) is 8.69. The van der Waals surface area contributed by atoms with E-state index in [9.17, 15) is 13.2 Å². The molecule has 0 aliphatic heterocycles. The molecule has 0 atom stereocenters. The molecule has 3 N–H and O–H groups in total. The summed E-state index contributed by atoms with van der Waals surface area (Å²) in [5.74, 6) is -0.249. The van der Waals surface area contributed by atoms with Crippen molar-refractivity contribution in [1.82, 2.24) is 10.3 Å². The molecule has 0 saturated carbocycles. The van der Waals surface area contributed by atoms with Crippen LogP contribution in [0.15, 0.2) is 70.0 Å². The SMILES string of the molecule is Cc1nc(-c2cccc(Br)c2)ccc1C(=O)NCc1ccc(S(N)(=O)=O)cc1. The lowest BCUT2D eigenvalue weighted by atomic mass is 10.1. The van der Waals surface area contributed by atoms with Crippen molar-refractivity contribution in [2.24, 2.45) is 5.14 Å². The Morgan fingerprint density at radius 1 is 1.11 bits per heavy atom. The number of hydrogen-bond acceptors (Lipinski definition) is 4. The summed E-state index contributed by atoms with van der Waals surface area (Å²) in [5, 5.41) is 7.89. The maximum atomic E-state index is 12.5. The summed E-state index contributed by atoms with van der Waals surface area (Å²) < 4.78 is 23.5. The van der Waals surface area contributed by atoms with Gasteiger partial charge in [0.1, 0.15) is 0 Å². The van der Waals surface area contributed by atoms with Crippen LogP contribution in [0.1, 0.15) is 21.6 Å². The van der Waals surface area contributed by atoms with E-state index in [1.807, 2.05) is 30.3 Å². The number of aromatic nitrogens is 1. The van der Waals surface area contributed by atoms with E-state index in [2.05, 4.69) is 26.2 Å². The summed E-state index contributed by atoms with van der Waals surface area (Å²) in [6.45, 7) is 2.05. The van der Waals surface area contributed by atoms with Crippen LogP contribution < -0.4 is 10.5 Å². The van der Waals surface area contributed by atoms with Gasteiger partial charge < -0.3 is 5.32 Å². The van der Waals surface area contributed by atoms with Crippen LogP contribution in [0.4, 0.5) is 0 Å². The van der Waals surface area contributed by atoms with Crippen LogP contribution in [0.25, 0.3) is 11.3 Å². The maximum Gasteiger partial charge on any atom is 0.253 e. The molecule has 0 unspecified atom stereocenters. The number of pyridine rings is 1. The zero-order valence-electron chi connectivity index (χ0n) is 15.0. The van der Waals surface area contributed by atoms with Crippen molar-refractivity contribution in [1.29, 1.82) is 0 Å². The Kier molecular flexibility index (Phi) is 5.93. The Labute approximate surface area is 172 Å². The number of halogens is 1. The number of nitrogens with two attached hydrogens (primary N) is 1. The molecule has 0 aliphatic rings. The van der Waals surface area contributed by atoms with Crippen LogP contribution in [-0.4, -0.2) is 19.3 Å². The summed E-state index contributed by atoms with van der Waals surface area (Å²) in [4.78, 5) is 17.1. The van der Waals surface area contributed by atoms with Gasteiger partial charge in [0, 0.05) is 16.6 Å². The number of benzene rings is 2. The molecule has 6 nitrogen and oxygen atoms in total. The van der Waals surface area contributed by atoms with Crippen molar-refractivity contribution in [2.45, 2.75) is 18.4 Å². The van der Waals surface area contributed by atoms with Gasteiger partial charge in [-0.15, -0.1) is 0 Å². The van der Waals surface area contributed by atoms with Gasteiger partial charge in [0.15, 0.2) is 0 Å². The Morgan fingerprint density at radius 3 is 2.43 bits per heavy atom. The molecule has 144 valence electrons. The van der Waals surface area contributed by atoms with Crippen LogP contribution in [0.3, 0.4) is 0 Å². The molecular weight excluding hydrogens is 442 g/mol. The second-order valence-electron chi connectivity index (χ2n) is 6.21. The molecule has 28 heavy (non-hydrogen) atoms. The highest BCUT2D eigenvalue weighted by molar-refractivity contribution is 9.10. The van der Waals surface area contributed by atoms with Crippen molar-refractivity contribution >= 4 is 31.9 Å². The lowest BCUT2D eigenvalue weighted by Crippen LogP contribution is -2.24. The minimum atomic E-state index is -3.73. The predicted octanol–water partition coefficient (Wildman–Crippen LogP) is 3.40. The molecule has 1 amide bonds. The van der Waals surface area contributed by atoms with Gasteiger partial charge in [0.05, 0.1) is 21.8 Å². The molecule has 0 saturated heterocycles. The number of primary sulfonamides is 1. The summed E-state index contributed by atoms with van der Waals surface area (Å²) in [6.07, 6.45) is 0. The number of amides is 1. The van der Waals surface area contributed by atoms with Gasteiger partial charge in [0.2, 0.25) is 10.0 Å². The normalized spacial score (nSPS) is 11.2. The zero-order valence-corrected chi connectivity index (χ0v) is 17.4. The number of nitrogens with zero attached hydrogens (tertiary/aromatic N) is 1. The second kappa shape index (κ2) is 8.22. The van der Waals surface area contributed by atoms with Gasteiger partial charge in [-0.1, -0.05) is 40.2 Å². The van der Waals surface area contributed by atoms with Gasteiger partial charge in [-0.3, -0.25) is 9.78 Å². The van der Waals surface area contributed by atoms with Crippen LogP contribution in [-0.2, 0) is 16.6 Å². The van der Waals surface area contributed by atoms with E-state index in [0.717, 1.165) is 21.3 Å². The molecular formula is C20H18BrN3O3S. The molecule has 1 aromatic heterocycles. The van der Waals surface area contributed by atoms with Gasteiger partial charge >= 0.3 is 0 Å². The smallest absolute Gasteiger partial charge is 0.253 e. The number of sulfonamides is 1. The van der Waals surface area contributed by atoms with Gasteiger partial charge in [-0.25, -0.2) is 13.6 Å². The van der Waals surface area contributed by atoms with Crippen molar-refractivity contribution in [3.05, 3.63) is 82.0 Å². The van der Waals surface area contributed by atoms with Crippen molar-refractivity contribution in [3.63, 3.8) is 0 Å². The fraction of sp³-hybridized carbons (Fsp3) is 0.100. The number of nitrogens with one attached hydrogen (secondary N) is 1. The molecule has 0 spiro atoms. The third-order valence-electron chi connectivity index (χ3n) is 4.16. The van der Waals surface area contributed by atoms with Crippen LogP contribution >= 0.6 is 15.9 Å². The molecule has 0 fully saturated rings. The number of hydrogen-bond donors (Lipinski definition) is 2. The largest absolute Gasteiger partial charge is 0.348 e. The van der Waals surface area contributed by atoms with E-state index in [0.29, 0.717) is 11.3 Å². The van der Waals surface area contributed by atoms with E-state index in [1.54, 1.807) is 25.1 Å². The highest BCUT2D eigenvalue weighted by atomic mass is 79.9. The van der Waals surface area contributed by atoms with E-state index in [4.69, 9.17) is 5.14 Å². The first-order chi connectivity index (χ1) is 13.2. The first-order valence-corrected chi connectivity index (χ1v) is 10.7. The summed E-state index contributed by atoms with van der Waals surface area (Å²) in [5.41, 5.74) is 3.62. The first-order valence-electron chi connectivity index (χ1n) is 8.37. The molecule has 0 bridgehead atoms. The quantitative estimate of drug-likeness (QED) is 0.609. The molecule has 2 aromatic carbocycles. The number of carbonyl (C=O) groups is 1. The predicted molar refractivity (Wildman–Crippen MR) is 111 cm³/mol.